The number of carbonyl (C=O) groups excluding carboxylic acids is 1. The van der Waals surface area contributed by atoms with E-state index in [2.05, 4.69) is 15.9 Å². The fraction of sp³-hybridized carbons (Fsp3) is 0.214. The van der Waals surface area contributed by atoms with Gasteiger partial charge in [-0.1, -0.05) is 30.1 Å². The Morgan fingerprint density at radius 1 is 1.35 bits per heavy atom. The third-order valence-electron chi connectivity index (χ3n) is 2.56. The van der Waals surface area contributed by atoms with Crippen molar-refractivity contribution in [3.8, 4) is 5.75 Å². The van der Waals surface area contributed by atoms with Crippen molar-refractivity contribution in [3.63, 3.8) is 0 Å². The van der Waals surface area contributed by atoms with E-state index in [1.807, 2.05) is 6.92 Å². The Kier molecular flexibility index (Phi) is 5.49. The molecule has 6 heteroatoms. The summed E-state index contributed by atoms with van der Waals surface area (Å²) in [6.07, 6.45) is 0.927. The predicted octanol–water partition coefficient (Wildman–Crippen LogP) is 5.84. The normalized spacial score (nSPS) is 10.6. The Bertz CT molecular complexity index is 640. The average Bonchev–Trinajstić information content (AvgIpc) is 2.75. The fourth-order valence-electron chi connectivity index (χ4n) is 1.62. The van der Waals surface area contributed by atoms with Gasteiger partial charge in [0.1, 0.15) is 10.1 Å². The van der Waals surface area contributed by atoms with Crippen LogP contribution in [0.2, 0.25) is 8.67 Å². The Hall–Kier alpha value is -0.550. The van der Waals surface area contributed by atoms with E-state index < -0.39 is 0 Å². The van der Waals surface area contributed by atoms with Crippen LogP contribution in [0.15, 0.2) is 28.7 Å². The molecule has 1 aromatic heterocycles. The lowest BCUT2D eigenvalue weighted by Crippen LogP contribution is -2.02. The molecule has 0 fully saturated rings. The second-order valence-electron chi connectivity index (χ2n) is 4.06. The maximum Gasteiger partial charge on any atom is 0.195 e. The summed E-state index contributed by atoms with van der Waals surface area (Å²) >= 11 is 16.5. The quantitative estimate of drug-likeness (QED) is 0.596. The second kappa shape index (κ2) is 6.94. The van der Waals surface area contributed by atoms with Gasteiger partial charge in [0.05, 0.1) is 21.0 Å². The molecule has 2 aromatic rings. The highest BCUT2D eigenvalue weighted by Crippen LogP contribution is 2.34. The van der Waals surface area contributed by atoms with E-state index in [-0.39, 0.29) is 5.78 Å². The molecular weight excluding hydrogens is 383 g/mol. The highest BCUT2D eigenvalue weighted by Gasteiger charge is 2.17. The van der Waals surface area contributed by atoms with Gasteiger partial charge in [-0.15, -0.1) is 11.3 Å². The highest BCUT2D eigenvalue weighted by molar-refractivity contribution is 9.10. The first kappa shape index (κ1) is 15.8. The van der Waals surface area contributed by atoms with Crippen LogP contribution >= 0.6 is 50.5 Å². The van der Waals surface area contributed by atoms with Crippen molar-refractivity contribution in [2.24, 2.45) is 0 Å². The van der Waals surface area contributed by atoms with E-state index in [0.717, 1.165) is 16.6 Å². The number of benzene rings is 1. The van der Waals surface area contributed by atoms with Crippen LogP contribution in [0.5, 0.6) is 5.75 Å². The number of hydrogen-bond donors (Lipinski definition) is 0. The zero-order valence-electron chi connectivity index (χ0n) is 10.6. The first-order chi connectivity index (χ1) is 9.52. The molecule has 1 heterocycles. The molecule has 106 valence electrons. The van der Waals surface area contributed by atoms with Crippen LogP contribution in [-0.2, 0) is 0 Å². The summed E-state index contributed by atoms with van der Waals surface area (Å²) in [6, 6.07) is 6.82. The maximum absolute atomic E-state index is 12.4. The number of hydrogen-bond acceptors (Lipinski definition) is 3. The lowest BCUT2D eigenvalue weighted by molar-refractivity contribution is 0.103. The van der Waals surface area contributed by atoms with Crippen molar-refractivity contribution in [1.29, 1.82) is 0 Å². The monoisotopic (exact) mass is 392 g/mol. The largest absolute Gasteiger partial charge is 0.492 e. The van der Waals surface area contributed by atoms with E-state index >= 15 is 0 Å². The van der Waals surface area contributed by atoms with Crippen LogP contribution in [0.3, 0.4) is 0 Å². The van der Waals surface area contributed by atoms with Crippen molar-refractivity contribution < 1.29 is 9.53 Å². The summed E-state index contributed by atoms with van der Waals surface area (Å²) < 4.78 is 7.20. The number of thiophene rings is 1. The average molecular weight is 394 g/mol. The van der Waals surface area contributed by atoms with E-state index in [1.165, 1.54) is 11.3 Å². The molecule has 0 amide bonds. The topological polar surface area (TPSA) is 26.3 Å². The number of carbonyl (C=O) groups is 1. The summed E-state index contributed by atoms with van der Waals surface area (Å²) in [5, 5.41) is 0. The molecule has 0 bridgehead atoms. The van der Waals surface area contributed by atoms with Crippen LogP contribution in [0.4, 0.5) is 0 Å². The molecule has 2 nitrogen and oxygen atoms in total. The van der Waals surface area contributed by atoms with Gasteiger partial charge in [0, 0.05) is 5.56 Å². The molecule has 0 aliphatic rings. The molecule has 1 aromatic carbocycles. The summed E-state index contributed by atoms with van der Waals surface area (Å²) in [5.41, 5.74) is 0.966. The second-order valence-corrected chi connectivity index (χ2v) is 7.20. The molecule has 0 saturated heterocycles. The smallest absolute Gasteiger partial charge is 0.195 e. The first-order valence-corrected chi connectivity index (χ1v) is 8.31. The lowest BCUT2D eigenvalue weighted by Gasteiger charge is -2.08. The molecule has 0 aliphatic heterocycles. The van der Waals surface area contributed by atoms with Gasteiger partial charge in [0.25, 0.3) is 0 Å². The van der Waals surface area contributed by atoms with Crippen molar-refractivity contribution in [1.82, 2.24) is 0 Å². The highest BCUT2D eigenvalue weighted by atomic mass is 79.9. The lowest BCUT2D eigenvalue weighted by atomic mass is 10.1. The molecule has 0 unspecified atom stereocenters. The molecule has 2 rings (SSSR count). The SMILES string of the molecule is CCCOc1ccc(C(=O)c2cc(Cl)sc2Cl)cc1Br. The van der Waals surface area contributed by atoms with Crippen molar-refractivity contribution >= 4 is 56.3 Å². The van der Waals surface area contributed by atoms with Crippen LogP contribution in [0, 0.1) is 0 Å². The fourth-order valence-corrected chi connectivity index (χ4v) is 3.57. The Labute approximate surface area is 139 Å². The minimum atomic E-state index is -0.152. The van der Waals surface area contributed by atoms with Crippen LogP contribution in [0.1, 0.15) is 29.3 Å². The Morgan fingerprint density at radius 2 is 2.10 bits per heavy atom. The van der Waals surface area contributed by atoms with Crippen molar-refractivity contribution in [2.45, 2.75) is 13.3 Å². The third kappa shape index (κ3) is 3.55. The van der Waals surface area contributed by atoms with Crippen LogP contribution < -0.4 is 4.74 Å². The molecule has 0 saturated carbocycles. The van der Waals surface area contributed by atoms with Gasteiger partial charge in [0.2, 0.25) is 0 Å². The Balaban J connectivity index is 2.27. The summed E-state index contributed by atoms with van der Waals surface area (Å²) in [5.74, 6) is 0.568. The summed E-state index contributed by atoms with van der Waals surface area (Å²) in [4.78, 5) is 12.4. The molecular formula is C14H11BrCl2O2S. The predicted molar refractivity (Wildman–Crippen MR) is 87.7 cm³/mol. The first-order valence-electron chi connectivity index (χ1n) is 5.94. The van der Waals surface area contributed by atoms with E-state index in [9.17, 15) is 4.79 Å². The Morgan fingerprint density at radius 3 is 2.65 bits per heavy atom. The summed E-state index contributed by atoms with van der Waals surface area (Å²) in [6.45, 7) is 2.67. The van der Waals surface area contributed by atoms with E-state index in [1.54, 1.807) is 24.3 Å². The molecule has 0 N–H and O–H groups in total. The molecule has 0 aliphatic carbocycles. The number of halogens is 3. The molecule has 20 heavy (non-hydrogen) atoms. The minimum Gasteiger partial charge on any atom is -0.492 e. The van der Waals surface area contributed by atoms with Gasteiger partial charge < -0.3 is 4.74 Å². The zero-order valence-corrected chi connectivity index (χ0v) is 14.5. The zero-order chi connectivity index (χ0) is 14.7. The summed E-state index contributed by atoms with van der Waals surface area (Å²) in [7, 11) is 0. The molecule has 0 spiro atoms. The van der Waals surface area contributed by atoms with Crippen molar-refractivity contribution in [2.75, 3.05) is 6.61 Å². The van der Waals surface area contributed by atoms with Crippen LogP contribution in [-0.4, -0.2) is 12.4 Å². The number of rotatable bonds is 5. The van der Waals surface area contributed by atoms with E-state index in [4.69, 9.17) is 27.9 Å². The van der Waals surface area contributed by atoms with Crippen molar-refractivity contribution in [3.05, 3.63) is 48.5 Å². The van der Waals surface area contributed by atoms with Gasteiger partial charge in [-0.25, -0.2) is 0 Å². The van der Waals surface area contributed by atoms with Gasteiger partial charge >= 0.3 is 0 Å². The minimum absolute atomic E-state index is 0.152. The van der Waals surface area contributed by atoms with Gasteiger partial charge in [-0.3, -0.25) is 4.79 Å². The number of ketones is 1. The van der Waals surface area contributed by atoms with Crippen LogP contribution in [0.25, 0.3) is 0 Å². The number of ether oxygens (including phenoxy) is 1. The maximum atomic E-state index is 12.4. The van der Waals surface area contributed by atoms with Gasteiger partial charge in [0.15, 0.2) is 5.78 Å². The molecule has 0 atom stereocenters. The molecule has 0 radical (unpaired) electrons. The standard InChI is InChI=1S/C14H11BrCl2O2S/c1-2-5-19-11-4-3-8(6-10(11)15)13(18)9-7-12(16)20-14(9)17/h3-4,6-7H,2,5H2,1H3. The third-order valence-corrected chi connectivity index (χ3v) is 4.66. The van der Waals surface area contributed by atoms with E-state index in [0.29, 0.717) is 26.4 Å². The van der Waals surface area contributed by atoms with Gasteiger partial charge in [-0.05, 0) is 46.6 Å². The van der Waals surface area contributed by atoms with Gasteiger partial charge in [-0.2, -0.15) is 0 Å².